The third-order valence-corrected chi connectivity index (χ3v) is 6.05. The normalized spacial score (nSPS) is 17.6. The van der Waals surface area contributed by atoms with Gasteiger partial charge in [0.25, 0.3) is 0 Å². The van der Waals surface area contributed by atoms with Gasteiger partial charge in [0.05, 0.1) is 10.5 Å². The van der Waals surface area contributed by atoms with Gasteiger partial charge >= 0.3 is 5.97 Å². The van der Waals surface area contributed by atoms with Crippen molar-refractivity contribution in [2.24, 2.45) is 5.92 Å². The van der Waals surface area contributed by atoms with Crippen LogP contribution in [0.4, 0.5) is 0 Å². The third-order valence-electron chi connectivity index (χ3n) is 4.01. The molecule has 0 spiro atoms. The molecule has 0 amide bonds. The average molecular weight is 340 g/mol. The fourth-order valence-electron chi connectivity index (χ4n) is 2.82. The van der Waals surface area contributed by atoms with E-state index < -0.39 is 16.0 Å². The SMILES string of the molecule is Cc1ccc(C(=O)O)cc1S(=O)(=O)N1CCN(CC(C)C)CC1. The molecule has 0 radical (unpaired) electrons. The van der Waals surface area contributed by atoms with Gasteiger partial charge in [0.1, 0.15) is 0 Å². The standard InChI is InChI=1S/C16H24N2O4S/c1-12(2)11-17-6-8-18(9-7-17)23(21,22)15-10-14(16(19)20)5-4-13(15)3/h4-5,10,12H,6-9,11H2,1-3H3,(H,19,20). The fourth-order valence-corrected chi connectivity index (χ4v) is 4.49. The van der Waals surface area contributed by atoms with Gasteiger partial charge < -0.3 is 10.0 Å². The van der Waals surface area contributed by atoms with Crippen molar-refractivity contribution in [3.8, 4) is 0 Å². The van der Waals surface area contributed by atoms with Crippen molar-refractivity contribution in [2.45, 2.75) is 25.7 Å². The van der Waals surface area contributed by atoms with Crippen LogP contribution in [0.25, 0.3) is 0 Å². The Kier molecular flexibility index (Phi) is 5.44. The molecule has 0 saturated carbocycles. The van der Waals surface area contributed by atoms with Gasteiger partial charge in [0.2, 0.25) is 10.0 Å². The Morgan fingerprint density at radius 2 is 1.83 bits per heavy atom. The first-order valence-electron chi connectivity index (χ1n) is 7.78. The summed E-state index contributed by atoms with van der Waals surface area (Å²) in [7, 11) is -3.66. The topological polar surface area (TPSA) is 77.9 Å². The van der Waals surface area contributed by atoms with Gasteiger partial charge in [-0.3, -0.25) is 0 Å². The van der Waals surface area contributed by atoms with Crippen molar-refractivity contribution in [1.29, 1.82) is 0 Å². The number of benzene rings is 1. The van der Waals surface area contributed by atoms with Crippen LogP contribution in [0.2, 0.25) is 0 Å². The number of carboxylic acid groups (broad SMARTS) is 1. The molecule has 128 valence electrons. The zero-order valence-corrected chi connectivity index (χ0v) is 14.6. The van der Waals surface area contributed by atoms with E-state index in [-0.39, 0.29) is 10.5 Å². The Morgan fingerprint density at radius 3 is 2.35 bits per heavy atom. The van der Waals surface area contributed by atoms with E-state index in [9.17, 15) is 13.2 Å². The minimum atomic E-state index is -3.66. The molecular weight excluding hydrogens is 316 g/mol. The van der Waals surface area contributed by atoms with E-state index in [1.54, 1.807) is 13.0 Å². The molecule has 0 aromatic heterocycles. The molecule has 1 aliphatic rings. The maximum atomic E-state index is 12.8. The number of carbonyl (C=O) groups is 1. The van der Waals surface area contributed by atoms with Crippen molar-refractivity contribution >= 4 is 16.0 Å². The molecule has 7 heteroatoms. The summed E-state index contributed by atoms with van der Waals surface area (Å²) in [5.74, 6) is -0.573. The highest BCUT2D eigenvalue weighted by Crippen LogP contribution is 2.23. The van der Waals surface area contributed by atoms with Crippen molar-refractivity contribution in [2.75, 3.05) is 32.7 Å². The molecule has 2 rings (SSSR count). The highest BCUT2D eigenvalue weighted by atomic mass is 32.2. The summed E-state index contributed by atoms with van der Waals surface area (Å²) in [6, 6.07) is 4.23. The number of aryl methyl sites for hydroxylation is 1. The lowest BCUT2D eigenvalue weighted by molar-refractivity contribution is 0.0696. The smallest absolute Gasteiger partial charge is 0.335 e. The average Bonchev–Trinajstić information content (AvgIpc) is 2.47. The van der Waals surface area contributed by atoms with Crippen molar-refractivity contribution in [1.82, 2.24) is 9.21 Å². The van der Waals surface area contributed by atoms with Crippen LogP contribution in [0.3, 0.4) is 0 Å². The molecule has 0 unspecified atom stereocenters. The van der Waals surface area contributed by atoms with E-state index in [2.05, 4.69) is 18.7 Å². The molecule has 1 aromatic rings. The molecule has 0 bridgehead atoms. The molecule has 1 aromatic carbocycles. The van der Waals surface area contributed by atoms with E-state index in [0.29, 0.717) is 37.7 Å². The van der Waals surface area contributed by atoms with Gasteiger partial charge in [-0.2, -0.15) is 4.31 Å². The fraction of sp³-hybridized carbons (Fsp3) is 0.562. The Labute approximate surface area is 137 Å². The molecule has 1 aliphatic heterocycles. The number of hydrogen-bond acceptors (Lipinski definition) is 4. The molecule has 23 heavy (non-hydrogen) atoms. The van der Waals surface area contributed by atoms with Gasteiger partial charge in [0.15, 0.2) is 0 Å². The zero-order valence-electron chi connectivity index (χ0n) is 13.8. The van der Waals surface area contributed by atoms with Crippen LogP contribution in [0.5, 0.6) is 0 Å². The maximum absolute atomic E-state index is 12.8. The van der Waals surface area contributed by atoms with Crippen LogP contribution in [-0.2, 0) is 10.0 Å². The number of piperazine rings is 1. The number of nitrogens with zero attached hydrogens (tertiary/aromatic N) is 2. The molecular formula is C16H24N2O4S. The first-order valence-corrected chi connectivity index (χ1v) is 9.22. The summed E-state index contributed by atoms with van der Waals surface area (Å²) < 4.78 is 27.1. The summed E-state index contributed by atoms with van der Waals surface area (Å²) in [6.45, 7) is 9.21. The number of hydrogen-bond donors (Lipinski definition) is 1. The number of aromatic carboxylic acids is 1. The highest BCUT2D eigenvalue weighted by molar-refractivity contribution is 7.89. The van der Waals surface area contributed by atoms with Crippen LogP contribution >= 0.6 is 0 Å². The monoisotopic (exact) mass is 340 g/mol. The summed E-state index contributed by atoms with van der Waals surface area (Å²) in [6.07, 6.45) is 0. The Hall–Kier alpha value is -1.44. The summed E-state index contributed by atoms with van der Waals surface area (Å²) in [5, 5.41) is 9.08. The maximum Gasteiger partial charge on any atom is 0.335 e. The molecule has 6 nitrogen and oxygen atoms in total. The minimum absolute atomic E-state index is 0.00683. The quantitative estimate of drug-likeness (QED) is 0.882. The van der Waals surface area contributed by atoms with Gasteiger partial charge in [-0.1, -0.05) is 19.9 Å². The lowest BCUT2D eigenvalue weighted by atomic mass is 10.1. The van der Waals surface area contributed by atoms with E-state index in [0.717, 1.165) is 6.54 Å². The predicted octanol–water partition coefficient (Wildman–Crippen LogP) is 1.66. The van der Waals surface area contributed by atoms with Crippen molar-refractivity contribution in [3.63, 3.8) is 0 Å². The van der Waals surface area contributed by atoms with Gasteiger partial charge in [-0.15, -0.1) is 0 Å². The second kappa shape index (κ2) is 6.98. The van der Waals surface area contributed by atoms with E-state index in [1.807, 2.05) is 0 Å². The molecule has 0 atom stereocenters. The van der Waals surface area contributed by atoms with E-state index in [4.69, 9.17) is 5.11 Å². The van der Waals surface area contributed by atoms with Crippen molar-refractivity contribution in [3.05, 3.63) is 29.3 Å². The van der Waals surface area contributed by atoms with Crippen LogP contribution in [0.15, 0.2) is 23.1 Å². The third kappa shape index (κ3) is 4.10. The number of carboxylic acids is 1. The Morgan fingerprint density at radius 1 is 1.22 bits per heavy atom. The largest absolute Gasteiger partial charge is 0.478 e. The van der Waals surface area contributed by atoms with Gasteiger partial charge in [-0.25, -0.2) is 13.2 Å². The second-order valence-electron chi connectivity index (χ2n) is 6.38. The highest BCUT2D eigenvalue weighted by Gasteiger charge is 2.30. The zero-order chi connectivity index (χ0) is 17.2. The van der Waals surface area contributed by atoms with E-state index in [1.165, 1.54) is 16.4 Å². The lowest BCUT2D eigenvalue weighted by Crippen LogP contribution is -2.49. The molecule has 1 N–H and O–H groups in total. The number of sulfonamides is 1. The summed E-state index contributed by atoms with van der Waals surface area (Å²) in [5.41, 5.74) is 0.562. The molecule has 1 heterocycles. The summed E-state index contributed by atoms with van der Waals surface area (Å²) >= 11 is 0. The van der Waals surface area contributed by atoms with Crippen LogP contribution in [-0.4, -0.2) is 61.4 Å². The van der Waals surface area contributed by atoms with E-state index >= 15 is 0 Å². The summed E-state index contributed by atoms with van der Waals surface area (Å²) in [4.78, 5) is 13.5. The first kappa shape index (κ1) is 17.9. The minimum Gasteiger partial charge on any atom is -0.478 e. The Balaban J connectivity index is 2.20. The molecule has 1 saturated heterocycles. The Bertz CT molecular complexity index is 677. The molecule has 0 aliphatic carbocycles. The molecule has 1 fully saturated rings. The van der Waals surface area contributed by atoms with Crippen LogP contribution < -0.4 is 0 Å². The first-order chi connectivity index (χ1) is 10.7. The predicted molar refractivity (Wildman–Crippen MR) is 88.2 cm³/mol. The van der Waals surface area contributed by atoms with Gasteiger partial charge in [-0.05, 0) is 30.5 Å². The second-order valence-corrected chi connectivity index (χ2v) is 8.29. The number of rotatable bonds is 5. The van der Waals surface area contributed by atoms with Gasteiger partial charge in [0, 0.05) is 32.7 Å². The lowest BCUT2D eigenvalue weighted by Gasteiger charge is -2.35. The van der Waals surface area contributed by atoms with Crippen molar-refractivity contribution < 1.29 is 18.3 Å². The van der Waals surface area contributed by atoms with Crippen LogP contribution in [0, 0.1) is 12.8 Å². The van der Waals surface area contributed by atoms with Crippen LogP contribution in [0.1, 0.15) is 29.8 Å².